The fourth-order valence-corrected chi connectivity index (χ4v) is 5.17. The highest BCUT2D eigenvalue weighted by molar-refractivity contribution is 6.76. The van der Waals surface area contributed by atoms with Crippen LogP contribution in [0.25, 0.3) is 22.4 Å². The van der Waals surface area contributed by atoms with E-state index < -0.39 is 31.4 Å². The summed E-state index contributed by atoms with van der Waals surface area (Å²) in [6.07, 6.45) is 3.27. The highest BCUT2D eigenvalue weighted by atomic mass is 28.3. The summed E-state index contributed by atoms with van der Waals surface area (Å²) < 4.78 is 48.3. The molecule has 2 heterocycles. The molecule has 0 saturated heterocycles. The Morgan fingerprint density at radius 2 is 2.08 bits per heavy atom. The molecule has 0 amide bonds. The number of hydrogen-bond donors (Lipinski definition) is 0. The van der Waals surface area contributed by atoms with Crippen LogP contribution in [0, 0.1) is 23.0 Å². The van der Waals surface area contributed by atoms with Crippen LogP contribution in [0.5, 0.6) is 5.75 Å². The van der Waals surface area contributed by atoms with Crippen molar-refractivity contribution in [2.75, 3.05) is 6.61 Å². The highest BCUT2D eigenvalue weighted by Crippen LogP contribution is 2.39. The van der Waals surface area contributed by atoms with E-state index in [1.165, 1.54) is 12.5 Å². The summed E-state index contributed by atoms with van der Waals surface area (Å²) in [4.78, 5) is 4.01. The van der Waals surface area contributed by atoms with Crippen molar-refractivity contribution >= 4 is 19.0 Å². The number of nitrogens with zero attached hydrogens (tertiary/aromatic N) is 4. The number of ether oxygens (including phenoxy) is 2. The third-order valence-electron chi connectivity index (χ3n) is 6.35. The Morgan fingerprint density at radius 1 is 1.25 bits per heavy atom. The van der Waals surface area contributed by atoms with Gasteiger partial charge in [-0.2, -0.15) is 10.4 Å². The number of fused-ring (bicyclic) bond motifs is 2. The number of rotatable bonds is 8. The Kier molecular flexibility index (Phi) is 6.36. The van der Waals surface area contributed by atoms with Crippen molar-refractivity contribution in [2.24, 2.45) is 0 Å². The van der Waals surface area contributed by atoms with Crippen molar-refractivity contribution < 1.29 is 22.7 Å². The zero-order chi connectivity index (χ0) is 25.4. The molecule has 0 fully saturated rings. The van der Waals surface area contributed by atoms with Crippen molar-refractivity contribution in [2.45, 2.75) is 51.4 Å². The van der Waals surface area contributed by atoms with Crippen molar-refractivity contribution in [3.05, 3.63) is 65.2 Å². The van der Waals surface area contributed by atoms with Gasteiger partial charge in [-0.1, -0.05) is 19.6 Å². The molecule has 2 aromatic carbocycles. The largest absolute Gasteiger partial charge is 0.486 e. The van der Waals surface area contributed by atoms with Crippen LogP contribution in [0.4, 0.5) is 8.78 Å². The molecule has 1 aliphatic carbocycles. The van der Waals surface area contributed by atoms with Crippen LogP contribution < -0.4 is 4.74 Å². The first-order chi connectivity index (χ1) is 17.2. The van der Waals surface area contributed by atoms with E-state index in [0.717, 1.165) is 16.9 Å². The molecule has 0 bridgehead atoms. The fraction of sp³-hybridized carbons (Fsp3) is 0.346. The second-order valence-corrected chi connectivity index (χ2v) is 15.7. The lowest BCUT2D eigenvalue weighted by Crippen LogP contribution is -2.22. The van der Waals surface area contributed by atoms with E-state index in [-0.39, 0.29) is 0 Å². The minimum Gasteiger partial charge on any atom is -0.486 e. The Labute approximate surface area is 208 Å². The predicted octanol–water partition coefficient (Wildman–Crippen LogP) is 6.22. The van der Waals surface area contributed by atoms with Gasteiger partial charge < -0.3 is 13.9 Å². The maximum atomic E-state index is 14.6. The van der Waals surface area contributed by atoms with Gasteiger partial charge in [0.05, 0.1) is 11.7 Å². The molecule has 5 rings (SSSR count). The average molecular weight is 509 g/mol. The van der Waals surface area contributed by atoms with E-state index in [0.29, 0.717) is 54.5 Å². The van der Waals surface area contributed by atoms with Gasteiger partial charge >= 0.3 is 0 Å². The molecule has 1 aliphatic rings. The van der Waals surface area contributed by atoms with Crippen molar-refractivity contribution in [3.8, 4) is 23.3 Å². The summed E-state index contributed by atoms with van der Waals surface area (Å²) in [5.74, 6) is -0.623. The van der Waals surface area contributed by atoms with Gasteiger partial charge in [0.25, 0.3) is 0 Å². The van der Waals surface area contributed by atoms with E-state index >= 15 is 0 Å². The lowest BCUT2D eigenvalue weighted by Gasteiger charge is -2.16. The molecule has 10 heteroatoms. The predicted molar refractivity (Wildman–Crippen MR) is 132 cm³/mol. The lowest BCUT2D eigenvalue weighted by atomic mass is 10.0. The summed E-state index contributed by atoms with van der Waals surface area (Å²) in [6, 6.07) is 9.40. The molecule has 0 N–H and O–H groups in total. The Balaban J connectivity index is 1.44. The maximum absolute atomic E-state index is 14.6. The maximum Gasteiger partial charge on any atom is 0.181 e. The first kappa shape index (κ1) is 24.2. The minimum atomic E-state index is -1.21. The molecule has 0 aliphatic heterocycles. The second kappa shape index (κ2) is 9.48. The van der Waals surface area contributed by atoms with Crippen molar-refractivity contribution in [1.82, 2.24) is 14.8 Å². The van der Waals surface area contributed by atoms with E-state index in [9.17, 15) is 8.78 Å². The normalized spacial score (nSPS) is 15.3. The van der Waals surface area contributed by atoms with Gasteiger partial charge in [-0.3, -0.25) is 0 Å². The molecule has 2 aromatic heterocycles. The van der Waals surface area contributed by atoms with E-state index in [2.05, 4.69) is 24.6 Å². The molecule has 0 radical (unpaired) electrons. The van der Waals surface area contributed by atoms with Crippen molar-refractivity contribution in [3.63, 3.8) is 0 Å². The SMILES string of the molecule is C[Si](C)(C)CCOCn1nc(-c2cnco2)c2cc(OC3CCc4c3cc(F)c(C#N)c4F)ccc21. The van der Waals surface area contributed by atoms with Crippen LogP contribution in [0.1, 0.15) is 29.2 Å². The number of oxazole rings is 1. The summed E-state index contributed by atoms with van der Waals surface area (Å²) >= 11 is 0. The number of halogens is 2. The van der Waals surface area contributed by atoms with Crippen LogP contribution in [-0.4, -0.2) is 29.4 Å². The van der Waals surface area contributed by atoms with E-state index in [1.807, 2.05) is 12.1 Å². The molecular formula is C26H26F2N4O3Si. The van der Waals surface area contributed by atoms with Crippen LogP contribution in [0.3, 0.4) is 0 Å². The number of nitriles is 1. The minimum absolute atomic E-state index is 0.297. The summed E-state index contributed by atoms with van der Waals surface area (Å²) in [6.45, 7) is 7.87. The molecule has 0 saturated carbocycles. The third-order valence-corrected chi connectivity index (χ3v) is 8.05. The van der Waals surface area contributed by atoms with Crippen LogP contribution >= 0.6 is 0 Å². The molecule has 36 heavy (non-hydrogen) atoms. The summed E-state index contributed by atoms with van der Waals surface area (Å²) in [5, 5.41) is 14.5. The van der Waals surface area contributed by atoms with Gasteiger partial charge in [-0.25, -0.2) is 18.4 Å². The molecule has 7 nitrogen and oxygen atoms in total. The number of hydrogen-bond acceptors (Lipinski definition) is 6. The van der Waals surface area contributed by atoms with Gasteiger partial charge in [-0.15, -0.1) is 0 Å². The molecule has 4 aromatic rings. The molecule has 0 spiro atoms. The van der Waals surface area contributed by atoms with Gasteiger partial charge in [0.1, 0.15) is 47.5 Å². The Morgan fingerprint density at radius 3 is 2.81 bits per heavy atom. The number of aromatic nitrogens is 3. The summed E-state index contributed by atoms with van der Waals surface area (Å²) in [5.41, 5.74) is 1.66. The molecule has 1 unspecified atom stereocenters. The van der Waals surface area contributed by atoms with Gasteiger partial charge in [-0.05, 0) is 48.7 Å². The molecular weight excluding hydrogens is 482 g/mol. The van der Waals surface area contributed by atoms with Gasteiger partial charge in [0.15, 0.2) is 12.2 Å². The lowest BCUT2D eigenvalue weighted by molar-refractivity contribution is 0.0818. The van der Waals surface area contributed by atoms with Gasteiger partial charge in [0, 0.05) is 25.6 Å². The smallest absolute Gasteiger partial charge is 0.181 e. The zero-order valence-corrected chi connectivity index (χ0v) is 21.3. The van der Waals surface area contributed by atoms with Crippen LogP contribution in [-0.2, 0) is 17.9 Å². The zero-order valence-electron chi connectivity index (χ0n) is 20.3. The Hall–Kier alpha value is -3.55. The van der Waals surface area contributed by atoms with Crippen LogP contribution in [0.2, 0.25) is 25.7 Å². The van der Waals surface area contributed by atoms with Crippen molar-refractivity contribution in [1.29, 1.82) is 5.26 Å². The quantitative estimate of drug-likeness (QED) is 0.207. The average Bonchev–Trinajstić information content (AvgIpc) is 3.56. The summed E-state index contributed by atoms with van der Waals surface area (Å²) in [7, 11) is -1.21. The first-order valence-corrected chi connectivity index (χ1v) is 15.5. The third kappa shape index (κ3) is 4.64. The van der Waals surface area contributed by atoms with E-state index in [1.54, 1.807) is 23.0 Å². The number of benzene rings is 2. The highest BCUT2D eigenvalue weighted by Gasteiger charge is 2.30. The molecule has 1 atom stereocenters. The Bertz CT molecular complexity index is 1460. The van der Waals surface area contributed by atoms with Gasteiger partial charge in [0.2, 0.25) is 0 Å². The second-order valence-electron chi connectivity index (χ2n) is 10.1. The standard InChI is InChI=1S/C26H26F2N4O3Si/c1-36(2,3)9-8-33-15-32-22-6-4-16(10-19(22)26(31-32)24-13-30-14-34-24)35-23-7-5-17-18(23)11-21(27)20(12-29)25(17)28/h4,6,10-11,13-14,23H,5,7-9,15H2,1-3H3. The van der Waals surface area contributed by atoms with E-state index in [4.69, 9.17) is 24.3 Å². The first-order valence-electron chi connectivity index (χ1n) is 11.8. The monoisotopic (exact) mass is 508 g/mol. The van der Waals surface area contributed by atoms with Crippen LogP contribution in [0.15, 0.2) is 41.3 Å². The molecule has 186 valence electrons. The fourth-order valence-electron chi connectivity index (χ4n) is 4.41. The topological polar surface area (TPSA) is 86.1 Å².